The first kappa shape index (κ1) is 17.3. The molecular weight excluding hydrogens is 270 g/mol. The summed E-state index contributed by atoms with van der Waals surface area (Å²) >= 11 is 6.47. The van der Waals surface area contributed by atoms with Crippen molar-refractivity contribution in [2.75, 3.05) is 6.61 Å². The standard InChI is InChI=1S/C17H28ClNO/c1-6-8-20-17-12(5)9-15(18)16(11(3)4)14(17)10-13(19)7-2/h9,11,13H,6-8,10,19H2,1-5H3. The van der Waals surface area contributed by atoms with E-state index in [-0.39, 0.29) is 6.04 Å². The predicted octanol–water partition coefficient (Wildman–Crippen LogP) is 4.84. The van der Waals surface area contributed by atoms with Crippen LogP contribution in [0.25, 0.3) is 0 Å². The Bertz CT molecular complexity index is 443. The van der Waals surface area contributed by atoms with Gasteiger partial charge in [-0.15, -0.1) is 0 Å². The smallest absolute Gasteiger partial charge is 0.125 e. The summed E-state index contributed by atoms with van der Waals surface area (Å²) in [6.07, 6.45) is 2.78. The number of ether oxygens (including phenoxy) is 1. The normalized spacial score (nSPS) is 12.8. The molecule has 114 valence electrons. The molecular formula is C17H28ClNO. The lowest BCUT2D eigenvalue weighted by molar-refractivity contribution is 0.310. The van der Waals surface area contributed by atoms with Gasteiger partial charge >= 0.3 is 0 Å². The maximum absolute atomic E-state index is 6.47. The second kappa shape index (κ2) is 7.90. The van der Waals surface area contributed by atoms with Gasteiger partial charge in [-0.25, -0.2) is 0 Å². The van der Waals surface area contributed by atoms with Crippen LogP contribution < -0.4 is 10.5 Å². The molecule has 2 nitrogen and oxygen atoms in total. The lowest BCUT2D eigenvalue weighted by atomic mass is 9.90. The first-order chi connectivity index (χ1) is 9.42. The van der Waals surface area contributed by atoms with E-state index in [4.69, 9.17) is 22.1 Å². The number of rotatable bonds is 7. The van der Waals surface area contributed by atoms with Crippen LogP contribution in [0, 0.1) is 6.92 Å². The van der Waals surface area contributed by atoms with Crippen LogP contribution in [-0.2, 0) is 6.42 Å². The van der Waals surface area contributed by atoms with Gasteiger partial charge in [0.2, 0.25) is 0 Å². The van der Waals surface area contributed by atoms with Crippen molar-refractivity contribution in [2.24, 2.45) is 5.73 Å². The third-order valence-corrected chi connectivity index (χ3v) is 3.89. The van der Waals surface area contributed by atoms with Crippen LogP contribution in [0.5, 0.6) is 5.75 Å². The van der Waals surface area contributed by atoms with E-state index in [9.17, 15) is 0 Å². The Morgan fingerprint density at radius 1 is 1.30 bits per heavy atom. The second-order valence-corrected chi connectivity index (χ2v) is 6.18. The second-order valence-electron chi connectivity index (χ2n) is 5.77. The molecule has 1 aromatic rings. The van der Waals surface area contributed by atoms with E-state index < -0.39 is 0 Å². The van der Waals surface area contributed by atoms with Crippen molar-refractivity contribution in [2.45, 2.75) is 65.8 Å². The molecule has 3 heteroatoms. The molecule has 0 amide bonds. The molecule has 1 aromatic carbocycles. The van der Waals surface area contributed by atoms with Crippen molar-refractivity contribution in [3.63, 3.8) is 0 Å². The first-order valence-electron chi connectivity index (χ1n) is 7.62. The van der Waals surface area contributed by atoms with E-state index in [1.165, 1.54) is 11.1 Å². The molecule has 1 atom stereocenters. The van der Waals surface area contributed by atoms with Gasteiger partial charge in [0.05, 0.1) is 6.61 Å². The zero-order valence-corrected chi connectivity index (χ0v) is 14.2. The number of hydrogen-bond donors (Lipinski definition) is 1. The Morgan fingerprint density at radius 3 is 2.45 bits per heavy atom. The Labute approximate surface area is 128 Å². The van der Waals surface area contributed by atoms with Crippen LogP contribution in [0.3, 0.4) is 0 Å². The van der Waals surface area contributed by atoms with Gasteiger partial charge in [-0.1, -0.05) is 39.3 Å². The van der Waals surface area contributed by atoms with Gasteiger partial charge in [-0.3, -0.25) is 0 Å². The highest BCUT2D eigenvalue weighted by atomic mass is 35.5. The van der Waals surface area contributed by atoms with Crippen LogP contribution >= 0.6 is 11.6 Å². The minimum atomic E-state index is 0.148. The van der Waals surface area contributed by atoms with Gasteiger partial charge in [0.1, 0.15) is 5.75 Å². The van der Waals surface area contributed by atoms with Crippen molar-refractivity contribution in [3.05, 3.63) is 27.8 Å². The van der Waals surface area contributed by atoms with Crippen molar-refractivity contribution in [1.29, 1.82) is 0 Å². The zero-order chi connectivity index (χ0) is 15.3. The summed E-state index contributed by atoms with van der Waals surface area (Å²) in [5.41, 5.74) is 9.66. The molecule has 1 unspecified atom stereocenters. The molecule has 0 heterocycles. The highest BCUT2D eigenvalue weighted by Crippen LogP contribution is 2.37. The topological polar surface area (TPSA) is 35.2 Å². The quantitative estimate of drug-likeness (QED) is 0.781. The fraction of sp³-hybridized carbons (Fsp3) is 0.647. The molecule has 0 bridgehead atoms. The lowest BCUT2D eigenvalue weighted by Gasteiger charge is -2.23. The van der Waals surface area contributed by atoms with Gasteiger partial charge in [0.25, 0.3) is 0 Å². The third-order valence-electron chi connectivity index (χ3n) is 3.58. The summed E-state index contributed by atoms with van der Waals surface area (Å²) in [4.78, 5) is 0. The van der Waals surface area contributed by atoms with Crippen LogP contribution in [0.1, 0.15) is 63.1 Å². The van der Waals surface area contributed by atoms with Crippen molar-refractivity contribution in [1.82, 2.24) is 0 Å². The van der Waals surface area contributed by atoms with E-state index in [0.717, 1.165) is 42.2 Å². The maximum Gasteiger partial charge on any atom is 0.125 e. The van der Waals surface area contributed by atoms with E-state index in [1.807, 2.05) is 6.07 Å². The summed E-state index contributed by atoms with van der Waals surface area (Å²) in [6, 6.07) is 2.16. The van der Waals surface area contributed by atoms with Crippen molar-refractivity contribution < 1.29 is 4.74 Å². The molecule has 0 fully saturated rings. The van der Waals surface area contributed by atoms with E-state index in [2.05, 4.69) is 34.6 Å². The largest absolute Gasteiger partial charge is 0.493 e. The van der Waals surface area contributed by atoms with Crippen LogP contribution in [0.15, 0.2) is 6.07 Å². The van der Waals surface area contributed by atoms with E-state index in [0.29, 0.717) is 5.92 Å². The van der Waals surface area contributed by atoms with E-state index >= 15 is 0 Å². The fourth-order valence-electron chi connectivity index (χ4n) is 2.48. The molecule has 0 aromatic heterocycles. The van der Waals surface area contributed by atoms with Gasteiger partial charge in [-0.05, 0) is 49.3 Å². The van der Waals surface area contributed by atoms with Crippen molar-refractivity contribution >= 4 is 11.6 Å². The molecule has 0 saturated heterocycles. The molecule has 2 N–H and O–H groups in total. The minimum absolute atomic E-state index is 0.148. The zero-order valence-electron chi connectivity index (χ0n) is 13.4. The molecule has 0 radical (unpaired) electrons. The Hall–Kier alpha value is -0.730. The van der Waals surface area contributed by atoms with E-state index in [1.54, 1.807) is 0 Å². The highest BCUT2D eigenvalue weighted by molar-refractivity contribution is 6.31. The summed E-state index contributed by atoms with van der Waals surface area (Å²) in [5, 5.41) is 0.833. The number of aryl methyl sites for hydroxylation is 1. The average molecular weight is 298 g/mol. The Balaban J connectivity index is 3.35. The molecule has 0 saturated carbocycles. The summed E-state index contributed by atoms with van der Waals surface area (Å²) < 4.78 is 5.99. The Morgan fingerprint density at radius 2 is 1.95 bits per heavy atom. The van der Waals surface area contributed by atoms with Gasteiger partial charge < -0.3 is 10.5 Å². The lowest BCUT2D eigenvalue weighted by Crippen LogP contribution is -2.23. The molecule has 20 heavy (non-hydrogen) atoms. The average Bonchev–Trinajstić information content (AvgIpc) is 2.37. The highest BCUT2D eigenvalue weighted by Gasteiger charge is 2.20. The van der Waals surface area contributed by atoms with Gasteiger partial charge in [0, 0.05) is 16.6 Å². The maximum atomic E-state index is 6.47. The number of benzene rings is 1. The SMILES string of the molecule is CCCOc1c(C)cc(Cl)c(C(C)C)c1CC(N)CC. The van der Waals surface area contributed by atoms with Crippen molar-refractivity contribution in [3.8, 4) is 5.75 Å². The predicted molar refractivity (Wildman–Crippen MR) is 88.0 cm³/mol. The molecule has 1 rings (SSSR count). The van der Waals surface area contributed by atoms with Crippen LogP contribution in [0.2, 0.25) is 5.02 Å². The Kier molecular flexibility index (Phi) is 6.84. The number of nitrogens with two attached hydrogens (primary N) is 1. The van der Waals surface area contributed by atoms with Crippen LogP contribution in [0.4, 0.5) is 0 Å². The number of hydrogen-bond acceptors (Lipinski definition) is 2. The van der Waals surface area contributed by atoms with Gasteiger partial charge in [0.15, 0.2) is 0 Å². The monoisotopic (exact) mass is 297 g/mol. The summed E-state index contributed by atoms with van der Waals surface area (Å²) in [6.45, 7) is 11.4. The van der Waals surface area contributed by atoms with Gasteiger partial charge in [-0.2, -0.15) is 0 Å². The van der Waals surface area contributed by atoms with Crippen LogP contribution in [-0.4, -0.2) is 12.6 Å². The number of halogens is 1. The first-order valence-corrected chi connectivity index (χ1v) is 8.00. The molecule has 0 aliphatic carbocycles. The molecule has 0 aliphatic rings. The molecule has 0 spiro atoms. The fourth-order valence-corrected chi connectivity index (χ4v) is 2.97. The molecule has 0 aliphatic heterocycles. The summed E-state index contributed by atoms with van der Waals surface area (Å²) in [5.74, 6) is 1.36. The summed E-state index contributed by atoms with van der Waals surface area (Å²) in [7, 11) is 0. The minimum Gasteiger partial charge on any atom is -0.493 e. The third kappa shape index (κ3) is 4.13.